The fraction of sp³-hybridized carbons (Fsp3) is 0.269. The van der Waals surface area contributed by atoms with Crippen LogP contribution >= 0.6 is 0 Å². The van der Waals surface area contributed by atoms with Crippen molar-refractivity contribution in [3.63, 3.8) is 0 Å². The summed E-state index contributed by atoms with van der Waals surface area (Å²) in [6, 6.07) is 15.5. The first-order valence-electron chi connectivity index (χ1n) is 10.6. The number of aliphatic imine (C=N–C) groups is 1. The van der Waals surface area contributed by atoms with E-state index in [2.05, 4.69) is 9.39 Å². The van der Waals surface area contributed by atoms with Gasteiger partial charge in [0.1, 0.15) is 0 Å². The van der Waals surface area contributed by atoms with E-state index >= 15 is 0 Å². The molecule has 0 bridgehead atoms. The molecule has 1 aliphatic carbocycles. The van der Waals surface area contributed by atoms with Gasteiger partial charge in [0.15, 0.2) is 11.6 Å². The van der Waals surface area contributed by atoms with Crippen LogP contribution in [0, 0.1) is 18.8 Å². The molecular weight excluding hydrogens is 420 g/mol. The molecule has 5 nitrogen and oxygen atoms in total. The number of ketones is 1. The van der Waals surface area contributed by atoms with Crippen molar-refractivity contribution in [2.75, 3.05) is 0 Å². The Morgan fingerprint density at radius 1 is 0.812 bits per heavy atom. The topological polar surface area (TPSA) is 75.9 Å². The van der Waals surface area contributed by atoms with Crippen molar-refractivity contribution in [3.8, 4) is 0 Å². The third-order valence-electron chi connectivity index (χ3n) is 5.17. The Bertz CT molecular complexity index is 1200. The van der Waals surface area contributed by atoms with Crippen LogP contribution in [0.5, 0.6) is 0 Å². The van der Waals surface area contributed by atoms with E-state index in [0.717, 1.165) is 5.56 Å². The largest absolute Gasteiger partial charge is 0.289 e. The van der Waals surface area contributed by atoms with E-state index in [4.69, 9.17) is 0 Å². The summed E-state index contributed by atoms with van der Waals surface area (Å²) in [6.45, 7) is 9.72. The number of nitrogens with zero attached hydrogens (tertiary/aromatic N) is 2. The van der Waals surface area contributed by atoms with Crippen molar-refractivity contribution in [1.29, 1.82) is 0 Å². The molecule has 2 aromatic rings. The molecule has 0 fully saturated rings. The summed E-state index contributed by atoms with van der Waals surface area (Å²) in [7, 11) is -3.97. The van der Waals surface area contributed by atoms with Gasteiger partial charge in [0, 0.05) is 16.7 Å². The fourth-order valence-electron chi connectivity index (χ4n) is 3.30. The summed E-state index contributed by atoms with van der Waals surface area (Å²) in [4.78, 5) is 17.6. The number of benzene rings is 2. The summed E-state index contributed by atoms with van der Waals surface area (Å²) in [5.41, 5.74) is 3.36. The van der Waals surface area contributed by atoms with E-state index < -0.39 is 10.0 Å². The zero-order chi connectivity index (χ0) is 23.5. The minimum absolute atomic E-state index is 0.0134. The predicted octanol–water partition coefficient (Wildman–Crippen LogP) is 5.32. The van der Waals surface area contributed by atoms with E-state index in [-0.39, 0.29) is 28.4 Å². The van der Waals surface area contributed by atoms with Crippen LogP contribution in [0.3, 0.4) is 0 Å². The SMILES string of the molecule is Cc1ccc(S(=O)(=O)/N=C(/N=C2C=C(C(C)C)C(=O)C(C(C)C)=C2)c2ccccc2)cc1. The maximum absolute atomic E-state index is 13.0. The molecule has 0 amide bonds. The van der Waals surface area contributed by atoms with Gasteiger partial charge >= 0.3 is 0 Å². The zero-order valence-corrected chi connectivity index (χ0v) is 19.8. The van der Waals surface area contributed by atoms with E-state index in [1.165, 1.54) is 12.1 Å². The van der Waals surface area contributed by atoms with Crippen LogP contribution in [0.2, 0.25) is 0 Å². The van der Waals surface area contributed by atoms with Crippen LogP contribution in [-0.2, 0) is 14.8 Å². The first kappa shape index (κ1) is 23.5. The van der Waals surface area contributed by atoms with E-state index in [1.54, 1.807) is 48.6 Å². The van der Waals surface area contributed by atoms with Crippen molar-refractivity contribution in [3.05, 3.63) is 89.0 Å². The Morgan fingerprint density at radius 3 is 1.84 bits per heavy atom. The smallest absolute Gasteiger partial charge is 0.284 e. The molecule has 0 aromatic heterocycles. The van der Waals surface area contributed by atoms with Crippen molar-refractivity contribution in [2.45, 2.75) is 39.5 Å². The van der Waals surface area contributed by atoms with Crippen LogP contribution < -0.4 is 0 Å². The summed E-state index contributed by atoms with van der Waals surface area (Å²) in [5.74, 6) is 0.126. The van der Waals surface area contributed by atoms with Crippen LogP contribution in [-0.4, -0.2) is 25.7 Å². The fourth-order valence-corrected chi connectivity index (χ4v) is 4.26. The molecular formula is C26H28N2O3S. The van der Waals surface area contributed by atoms with Gasteiger partial charge in [-0.3, -0.25) is 4.79 Å². The molecule has 0 atom stereocenters. The highest BCUT2D eigenvalue weighted by molar-refractivity contribution is 7.90. The molecule has 0 aliphatic heterocycles. The highest BCUT2D eigenvalue weighted by Gasteiger charge is 2.25. The number of Topliss-reactive ketones (excluding diaryl/α,β-unsaturated/α-hetero) is 1. The minimum Gasteiger partial charge on any atom is -0.289 e. The molecule has 0 N–H and O–H groups in total. The molecule has 32 heavy (non-hydrogen) atoms. The number of carbonyl (C=O) groups is 1. The third kappa shape index (κ3) is 5.37. The lowest BCUT2D eigenvalue weighted by Crippen LogP contribution is -2.21. The first-order chi connectivity index (χ1) is 15.1. The van der Waals surface area contributed by atoms with Gasteiger partial charge in [-0.1, -0.05) is 75.7 Å². The highest BCUT2D eigenvalue weighted by atomic mass is 32.2. The predicted molar refractivity (Wildman–Crippen MR) is 130 cm³/mol. The van der Waals surface area contributed by atoms with E-state index in [1.807, 2.05) is 40.7 Å². The monoisotopic (exact) mass is 448 g/mol. The Kier molecular flexibility index (Phi) is 7.04. The van der Waals surface area contributed by atoms with E-state index in [0.29, 0.717) is 22.4 Å². The van der Waals surface area contributed by atoms with Crippen molar-refractivity contribution in [1.82, 2.24) is 0 Å². The first-order valence-corrected chi connectivity index (χ1v) is 12.1. The molecule has 0 radical (unpaired) electrons. The van der Waals surface area contributed by atoms with Gasteiger partial charge in [0.05, 0.1) is 10.6 Å². The van der Waals surface area contributed by atoms with Crippen LogP contribution in [0.4, 0.5) is 0 Å². The lowest BCUT2D eigenvalue weighted by molar-refractivity contribution is -0.113. The van der Waals surface area contributed by atoms with Gasteiger partial charge in [-0.15, -0.1) is 4.40 Å². The minimum atomic E-state index is -3.97. The summed E-state index contributed by atoms with van der Waals surface area (Å²) >= 11 is 0. The average molecular weight is 449 g/mol. The van der Waals surface area contributed by atoms with Crippen LogP contribution in [0.15, 0.2) is 92.2 Å². The second-order valence-corrected chi connectivity index (χ2v) is 10.0. The lowest BCUT2D eigenvalue weighted by Gasteiger charge is -2.20. The molecule has 0 saturated heterocycles. The number of allylic oxidation sites excluding steroid dienone is 4. The number of sulfonamides is 1. The average Bonchev–Trinajstić information content (AvgIpc) is 2.74. The standard InChI is InChI=1S/C26H28N2O3S/c1-17(2)23-15-21(16-24(18(3)4)25(23)29)27-26(20-9-7-6-8-10-20)28-32(30,31)22-13-11-19(5)12-14-22/h6-18H,1-5H3/b28-26+. The molecule has 0 spiro atoms. The molecule has 0 saturated carbocycles. The number of rotatable bonds is 5. The Labute approximate surface area is 190 Å². The van der Waals surface area contributed by atoms with Gasteiger partial charge < -0.3 is 0 Å². The number of amidine groups is 1. The van der Waals surface area contributed by atoms with Gasteiger partial charge in [-0.2, -0.15) is 8.42 Å². The molecule has 1 aliphatic rings. The van der Waals surface area contributed by atoms with Crippen molar-refractivity contribution < 1.29 is 13.2 Å². The van der Waals surface area contributed by atoms with Gasteiger partial charge in [0.2, 0.25) is 0 Å². The lowest BCUT2D eigenvalue weighted by atomic mass is 9.84. The second-order valence-electron chi connectivity index (χ2n) is 8.44. The summed E-state index contributed by atoms with van der Waals surface area (Å²) in [6.07, 6.45) is 3.46. The number of hydrogen-bond donors (Lipinski definition) is 0. The summed E-state index contributed by atoms with van der Waals surface area (Å²) in [5, 5.41) is 0. The van der Waals surface area contributed by atoms with Crippen LogP contribution in [0.1, 0.15) is 38.8 Å². The Hall–Kier alpha value is -3.12. The maximum Gasteiger partial charge on any atom is 0.284 e. The number of hydrogen-bond acceptors (Lipinski definition) is 3. The zero-order valence-electron chi connectivity index (χ0n) is 19.0. The molecule has 3 rings (SSSR count). The quantitative estimate of drug-likeness (QED) is 0.353. The molecule has 0 unspecified atom stereocenters. The van der Waals surface area contributed by atoms with Gasteiger partial charge in [-0.25, -0.2) is 4.99 Å². The Balaban J connectivity index is 2.19. The second kappa shape index (κ2) is 9.57. The molecule has 166 valence electrons. The maximum atomic E-state index is 13.0. The third-order valence-corrected chi connectivity index (χ3v) is 6.45. The molecule has 6 heteroatoms. The Morgan fingerprint density at radius 2 is 1.34 bits per heavy atom. The van der Waals surface area contributed by atoms with Gasteiger partial charge in [0.25, 0.3) is 10.0 Å². The van der Waals surface area contributed by atoms with Crippen molar-refractivity contribution >= 4 is 27.4 Å². The normalized spacial score (nSPS) is 15.2. The van der Waals surface area contributed by atoms with Crippen molar-refractivity contribution in [2.24, 2.45) is 21.2 Å². The summed E-state index contributed by atoms with van der Waals surface area (Å²) < 4.78 is 30.1. The molecule has 2 aromatic carbocycles. The van der Waals surface area contributed by atoms with Crippen LogP contribution in [0.25, 0.3) is 0 Å². The highest BCUT2D eigenvalue weighted by Crippen LogP contribution is 2.25. The molecule has 0 heterocycles. The number of carbonyl (C=O) groups excluding carboxylic acids is 1. The van der Waals surface area contributed by atoms with Gasteiger partial charge in [-0.05, 0) is 43.0 Å². The number of aryl methyl sites for hydroxylation is 1. The van der Waals surface area contributed by atoms with E-state index in [9.17, 15) is 13.2 Å².